The molecule has 0 saturated carbocycles. The monoisotopic (exact) mass is 287 g/mol. The first-order valence-corrected chi connectivity index (χ1v) is 7.15. The maximum Gasteiger partial charge on any atom is 0.124 e. The van der Waals surface area contributed by atoms with Crippen molar-refractivity contribution >= 4 is 11.6 Å². The van der Waals surface area contributed by atoms with Gasteiger partial charge in [0, 0.05) is 24.8 Å². The van der Waals surface area contributed by atoms with E-state index in [-0.39, 0.29) is 11.9 Å². The minimum atomic E-state index is -0.299. The summed E-state index contributed by atoms with van der Waals surface area (Å²) < 4.78 is 18.3. The Balaban J connectivity index is 2.88. The standard InChI is InChI=1S/C15H23ClFNO/c1-4-8-18-15(11(2)7-9-19-3)13-6-5-12(17)10-14(13)16/h5-6,10-11,15,18H,4,7-9H2,1-3H3. The SMILES string of the molecule is CCCNC(c1ccc(F)cc1Cl)C(C)CCOC. The lowest BCUT2D eigenvalue weighted by Gasteiger charge is -2.26. The highest BCUT2D eigenvalue weighted by atomic mass is 35.5. The van der Waals surface area contributed by atoms with Gasteiger partial charge in [0.05, 0.1) is 0 Å². The van der Waals surface area contributed by atoms with E-state index in [0.29, 0.717) is 17.5 Å². The summed E-state index contributed by atoms with van der Waals surface area (Å²) in [4.78, 5) is 0. The largest absolute Gasteiger partial charge is 0.385 e. The molecule has 0 aromatic heterocycles. The van der Waals surface area contributed by atoms with Gasteiger partial charge in [-0.1, -0.05) is 31.5 Å². The third kappa shape index (κ3) is 5.09. The average molecular weight is 288 g/mol. The molecule has 0 aliphatic rings. The van der Waals surface area contributed by atoms with Crippen LogP contribution in [0.1, 0.15) is 38.3 Å². The quantitative estimate of drug-likeness (QED) is 0.774. The fourth-order valence-corrected chi connectivity index (χ4v) is 2.43. The zero-order valence-corrected chi connectivity index (χ0v) is 12.6. The number of rotatable bonds is 8. The van der Waals surface area contributed by atoms with Crippen LogP contribution < -0.4 is 5.32 Å². The van der Waals surface area contributed by atoms with Gasteiger partial charge in [-0.25, -0.2) is 4.39 Å². The van der Waals surface area contributed by atoms with Gasteiger partial charge in [-0.15, -0.1) is 0 Å². The summed E-state index contributed by atoms with van der Waals surface area (Å²) in [6.45, 7) is 5.90. The Morgan fingerprint density at radius 2 is 2.16 bits per heavy atom. The van der Waals surface area contributed by atoms with E-state index in [1.54, 1.807) is 13.2 Å². The Bertz CT molecular complexity index is 386. The van der Waals surface area contributed by atoms with E-state index >= 15 is 0 Å². The molecule has 1 rings (SSSR count). The number of methoxy groups -OCH3 is 1. The molecule has 1 N–H and O–H groups in total. The van der Waals surface area contributed by atoms with E-state index in [9.17, 15) is 4.39 Å². The molecule has 0 aliphatic heterocycles. The molecule has 0 spiro atoms. The number of hydrogen-bond acceptors (Lipinski definition) is 2. The van der Waals surface area contributed by atoms with Crippen molar-refractivity contribution in [2.75, 3.05) is 20.3 Å². The fourth-order valence-electron chi connectivity index (χ4n) is 2.14. The number of nitrogens with one attached hydrogen (secondary N) is 1. The first-order valence-electron chi connectivity index (χ1n) is 6.77. The zero-order valence-electron chi connectivity index (χ0n) is 11.9. The molecule has 108 valence electrons. The van der Waals surface area contributed by atoms with Gasteiger partial charge in [-0.05, 0) is 43.0 Å². The molecule has 0 saturated heterocycles. The second kappa shape index (κ2) is 8.51. The van der Waals surface area contributed by atoms with Gasteiger partial charge in [-0.3, -0.25) is 0 Å². The molecular formula is C15H23ClFNO. The Hall–Kier alpha value is -0.640. The van der Waals surface area contributed by atoms with E-state index < -0.39 is 0 Å². The lowest BCUT2D eigenvalue weighted by atomic mass is 9.92. The summed E-state index contributed by atoms with van der Waals surface area (Å²) >= 11 is 6.17. The molecule has 2 nitrogen and oxygen atoms in total. The number of benzene rings is 1. The van der Waals surface area contributed by atoms with Crippen molar-refractivity contribution in [3.05, 3.63) is 34.6 Å². The predicted molar refractivity (Wildman–Crippen MR) is 78.1 cm³/mol. The fraction of sp³-hybridized carbons (Fsp3) is 0.600. The molecule has 1 aromatic rings. The summed E-state index contributed by atoms with van der Waals surface area (Å²) in [5.74, 6) is 0.0713. The summed E-state index contributed by atoms with van der Waals surface area (Å²) in [6, 6.07) is 4.74. The Morgan fingerprint density at radius 3 is 2.74 bits per heavy atom. The maximum absolute atomic E-state index is 13.1. The first-order chi connectivity index (χ1) is 9.10. The van der Waals surface area contributed by atoms with Crippen LogP contribution in [0.3, 0.4) is 0 Å². The van der Waals surface area contributed by atoms with Crippen LogP contribution in [0.15, 0.2) is 18.2 Å². The highest BCUT2D eigenvalue weighted by molar-refractivity contribution is 6.31. The molecule has 1 aromatic carbocycles. The van der Waals surface area contributed by atoms with Gasteiger partial charge in [0.1, 0.15) is 5.82 Å². The first kappa shape index (κ1) is 16.4. The predicted octanol–water partition coefficient (Wildman–Crippen LogP) is 4.19. The van der Waals surface area contributed by atoms with E-state index in [2.05, 4.69) is 19.2 Å². The summed E-state index contributed by atoms with van der Waals surface area (Å²) in [6.07, 6.45) is 1.98. The lowest BCUT2D eigenvalue weighted by Crippen LogP contribution is -2.28. The minimum absolute atomic E-state index is 0.128. The molecule has 0 aliphatic carbocycles. The van der Waals surface area contributed by atoms with Gasteiger partial charge in [-0.2, -0.15) is 0 Å². The molecule has 0 bridgehead atoms. The summed E-state index contributed by atoms with van der Waals surface area (Å²) in [5, 5.41) is 3.98. The van der Waals surface area contributed by atoms with Crippen molar-refractivity contribution in [1.82, 2.24) is 5.32 Å². The summed E-state index contributed by atoms with van der Waals surface area (Å²) in [5.41, 5.74) is 0.958. The van der Waals surface area contributed by atoms with Gasteiger partial charge in [0.25, 0.3) is 0 Å². The molecule has 2 unspecified atom stereocenters. The van der Waals surface area contributed by atoms with Crippen LogP contribution in [0.5, 0.6) is 0 Å². The van der Waals surface area contributed by atoms with Crippen molar-refractivity contribution in [3.63, 3.8) is 0 Å². The molecular weight excluding hydrogens is 265 g/mol. The Morgan fingerprint density at radius 1 is 1.42 bits per heavy atom. The summed E-state index contributed by atoms with van der Waals surface area (Å²) in [7, 11) is 1.70. The Labute approximate surface area is 120 Å². The van der Waals surface area contributed by atoms with Crippen molar-refractivity contribution in [2.24, 2.45) is 5.92 Å². The van der Waals surface area contributed by atoms with Gasteiger partial charge >= 0.3 is 0 Å². The third-order valence-electron chi connectivity index (χ3n) is 3.26. The van der Waals surface area contributed by atoms with Crippen LogP contribution in [-0.2, 0) is 4.74 Å². The van der Waals surface area contributed by atoms with Crippen LogP contribution in [0, 0.1) is 11.7 Å². The van der Waals surface area contributed by atoms with E-state index in [1.807, 2.05) is 0 Å². The van der Waals surface area contributed by atoms with Crippen molar-refractivity contribution in [1.29, 1.82) is 0 Å². The molecule has 0 amide bonds. The Kier molecular flexibility index (Phi) is 7.36. The van der Waals surface area contributed by atoms with E-state index in [4.69, 9.17) is 16.3 Å². The van der Waals surface area contributed by atoms with Crippen molar-refractivity contribution in [3.8, 4) is 0 Å². The number of hydrogen-bond donors (Lipinski definition) is 1. The van der Waals surface area contributed by atoms with Crippen LogP contribution >= 0.6 is 11.6 Å². The number of halogens is 2. The average Bonchev–Trinajstić information content (AvgIpc) is 2.38. The zero-order chi connectivity index (χ0) is 14.3. The minimum Gasteiger partial charge on any atom is -0.385 e. The topological polar surface area (TPSA) is 21.3 Å². The lowest BCUT2D eigenvalue weighted by molar-refractivity contribution is 0.170. The molecule has 0 radical (unpaired) electrons. The normalized spacial score (nSPS) is 14.4. The van der Waals surface area contributed by atoms with Gasteiger partial charge in [0.15, 0.2) is 0 Å². The molecule has 19 heavy (non-hydrogen) atoms. The van der Waals surface area contributed by atoms with Crippen molar-refractivity contribution < 1.29 is 9.13 Å². The second-order valence-corrected chi connectivity index (χ2v) is 5.26. The van der Waals surface area contributed by atoms with Gasteiger partial charge < -0.3 is 10.1 Å². The smallest absolute Gasteiger partial charge is 0.124 e. The third-order valence-corrected chi connectivity index (χ3v) is 3.59. The molecule has 0 heterocycles. The molecule has 2 atom stereocenters. The molecule has 4 heteroatoms. The highest BCUT2D eigenvalue weighted by Crippen LogP contribution is 2.30. The number of ether oxygens (including phenoxy) is 1. The van der Waals surface area contributed by atoms with E-state index in [1.165, 1.54) is 12.1 Å². The van der Waals surface area contributed by atoms with Crippen LogP contribution in [0.2, 0.25) is 5.02 Å². The van der Waals surface area contributed by atoms with Crippen LogP contribution in [0.25, 0.3) is 0 Å². The second-order valence-electron chi connectivity index (χ2n) is 4.86. The van der Waals surface area contributed by atoms with Crippen LogP contribution in [-0.4, -0.2) is 20.3 Å². The van der Waals surface area contributed by atoms with E-state index in [0.717, 1.165) is 24.9 Å². The highest BCUT2D eigenvalue weighted by Gasteiger charge is 2.21. The van der Waals surface area contributed by atoms with Gasteiger partial charge in [0.2, 0.25) is 0 Å². The van der Waals surface area contributed by atoms with Crippen molar-refractivity contribution in [2.45, 2.75) is 32.7 Å². The van der Waals surface area contributed by atoms with Crippen LogP contribution in [0.4, 0.5) is 4.39 Å². The molecule has 0 fully saturated rings. The maximum atomic E-state index is 13.1.